The molecule has 6 heteroatoms. The van der Waals surface area contributed by atoms with E-state index in [1.807, 2.05) is 0 Å². The number of amides is 1. The summed E-state index contributed by atoms with van der Waals surface area (Å²) in [7, 11) is 0. The van der Waals surface area contributed by atoms with Gasteiger partial charge in [-0.1, -0.05) is 0 Å². The first kappa shape index (κ1) is 12.4. The topological polar surface area (TPSA) is 111 Å². The van der Waals surface area contributed by atoms with Gasteiger partial charge in [-0.15, -0.1) is 0 Å². The van der Waals surface area contributed by atoms with Crippen LogP contribution in [-0.4, -0.2) is 49.0 Å². The van der Waals surface area contributed by atoms with Crippen LogP contribution >= 0.6 is 0 Å². The fraction of sp³-hybridized carbons (Fsp3) is 0.889. The van der Waals surface area contributed by atoms with Gasteiger partial charge in [-0.05, 0) is 12.8 Å². The van der Waals surface area contributed by atoms with Crippen LogP contribution in [0.5, 0.6) is 0 Å². The van der Waals surface area contributed by atoms with Crippen molar-refractivity contribution in [1.29, 1.82) is 0 Å². The molecule has 1 aliphatic rings. The van der Waals surface area contributed by atoms with Gasteiger partial charge in [-0.2, -0.15) is 0 Å². The molecule has 0 bridgehead atoms. The first-order chi connectivity index (χ1) is 7.09. The maximum Gasteiger partial charge on any atom is 0.235 e. The van der Waals surface area contributed by atoms with Gasteiger partial charge < -0.3 is 26.6 Å². The van der Waals surface area contributed by atoms with Gasteiger partial charge in [0.2, 0.25) is 5.91 Å². The average Bonchev–Trinajstić information content (AvgIpc) is 2.27. The first-order valence-corrected chi connectivity index (χ1v) is 5.08. The van der Waals surface area contributed by atoms with E-state index in [4.69, 9.17) is 16.2 Å². The Morgan fingerprint density at radius 2 is 2.13 bits per heavy atom. The molecule has 1 saturated heterocycles. The molecule has 0 radical (unpaired) electrons. The van der Waals surface area contributed by atoms with Gasteiger partial charge in [0, 0.05) is 25.3 Å². The van der Waals surface area contributed by atoms with Gasteiger partial charge in [0.1, 0.15) is 0 Å². The van der Waals surface area contributed by atoms with E-state index in [9.17, 15) is 9.90 Å². The maximum atomic E-state index is 10.7. The van der Waals surface area contributed by atoms with Crippen molar-refractivity contribution in [2.45, 2.75) is 24.4 Å². The van der Waals surface area contributed by atoms with E-state index in [1.165, 1.54) is 0 Å². The molecule has 1 unspecified atom stereocenters. The Balaban J connectivity index is 2.42. The predicted molar refractivity (Wildman–Crippen MR) is 55.0 cm³/mol. The molecule has 1 heterocycles. The molecule has 1 fully saturated rings. The highest BCUT2D eigenvalue weighted by molar-refractivity contribution is 5.79. The van der Waals surface area contributed by atoms with E-state index in [-0.39, 0.29) is 18.7 Å². The van der Waals surface area contributed by atoms with Crippen molar-refractivity contribution in [2.75, 3.05) is 26.4 Å². The lowest BCUT2D eigenvalue weighted by Gasteiger charge is -2.37. The summed E-state index contributed by atoms with van der Waals surface area (Å²) < 4.78 is 5.21. The molecule has 1 amide bonds. The van der Waals surface area contributed by atoms with E-state index in [1.54, 1.807) is 0 Å². The van der Waals surface area contributed by atoms with Gasteiger partial charge in [0.05, 0.1) is 12.6 Å². The monoisotopic (exact) mass is 217 g/mol. The fourth-order valence-electron chi connectivity index (χ4n) is 1.58. The summed E-state index contributed by atoms with van der Waals surface area (Å²) in [5.74, 6) is -0.539. The Kier molecular flexibility index (Phi) is 4.46. The van der Waals surface area contributed by atoms with Crippen molar-refractivity contribution < 1.29 is 14.6 Å². The van der Waals surface area contributed by atoms with Crippen molar-refractivity contribution >= 4 is 5.91 Å². The van der Waals surface area contributed by atoms with Crippen molar-refractivity contribution in [3.05, 3.63) is 0 Å². The molecule has 0 saturated carbocycles. The third kappa shape index (κ3) is 3.42. The number of aliphatic hydroxyl groups excluding tert-OH is 1. The minimum atomic E-state index is -0.712. The summed E-state index contributed by atoms with van der Waals surface area (Å²) >= 11 is 0. The van der Waals surface area contributed by atoms with Crippen LogP contribution in [0.1, 0.15) is 12.8 Å². The third-order valence-corrected chi connectivity index (χ3v) is 2.81. The molecule has 1 aliphatic heterocycles. The second-order valence-electron chi connectivity index (χ2n) is 3.94. The molecule has 15 heavy (non-hydrogen) atoms. The number of hydrogen-bond donors (Lipinski definition) is 4. The van der Waals surface area contributed by atoms with E-state index in [2.05, 4.69) is 5.32 Å². The number of rotatable bonds is 5. The lowest BCUT2D eigenvalue weighted by Crippen LogP contribution is -2.57. The number of nitrogens with two attached hydrogens (primary N) is 2. The predicted octanol–water partition coefficient (Wildman–Crippen LogP) is -2.07. The summed E-state index contributed by atoms with van der Waals surface area (Å²) in [5.41, 5.74) is 10.2. The molecule has 0 aromatic rings. The van der Waals surface area contributed by atoms with Crippen LogP contribution in [0.2, 0.25) is 0 Å². The van der Waals surface area contributed by atoms with Gasteiger partial charge in [0.15, 0.2) is 0 Å². The number of hydrogen-bond acceptors (Lipinski definition) is 5. The molecule has 1 rings (SSSR count). The molecule has 0 aromatic carbocycles. The zero-order valence-electron chi connectivity index (χ0n) is 8.74. The van der Waals surface area contributed by atoms with Crippen molar-refractivity contribution in [3.63, 3.8) is 0 Å². The normalized spacial score (nSPS) is 22.3. The maximum absolute atomic E-state index is 10.7. The average molecular weight is 217 g/mol. The van der Waals surface area contributed by atoms with Crippen LogP contribution in [0, 0.1) is 0 Å². The highest BCUT2D eigenvalue weighted by atomic mass is 16.5. The van der Waals surface area contributed by atoms with Crippen LogP contribution in [0.25, 0.3) is 0 Å². The third-order valence-electron chi connectivity index (χ3n) is 2.81. The second-order valence-corrected chi connectivity index (χ2v) is 3.94. The number of carbonyl (C=O) groups is 1. The zero-order chi connectivity index (χ0) is 11.3. The molecule has 0 aliphatic carbocycles. The molecule has 88 valence electrons. The van der Waals surface area contributed by atoms with E-state index in [0.717, 1.165) is 12.8 Å². The number of primary amides is 1. The Morgan fingerprint density at radius 1 is 1.53 bits per heavy atom. The SMILES string of the molecule is NC(=O)C(N)CNC1(CO)CCOCC1. The molecule has 0 aromatic heterocycles. The molecule has 6 nitrogen and oxygen atoms in total. The molecule has 6 N–H and O–H groups in total. The quantitative estimate of drug-likeness (QED) is 0.423. The zero-order valence-corrected chi connectivity index (χ0v) is 8.74. The van der Waals surface area contributed by atoms with Crippen molar-refractivity contribution in [2.24, 2.45) is 11.5 Å². The van der Waals surface area contributed by atoms with Gasteiger partial charge in [-0.25, -0.2) is 0 Å². The van der Waals surface area contributed by atoms with E-state index >= 15 is 0 Å². The number of ether oxygens (including phenoxy) is 1. The van der Waals surface area contributed by atoms with E-state index in [0.29, 0.717) is 13.2 Å². The highest BCUT2D eigenvalue weighted by Crippen LogP contribution is 2.19. The van der Waals surface area contributed by atoms with Crippen molar-refractivity contribution in [3.8, 4) is 0 Å². The minimum Gasteiger partial charge on any atom is -0.394 e. The van der Waals surface area contributed by atoms with Gasteiger partial charge >= 0.3 is 0 Å². The summed E-state index contributed by atoms with van der Waals surface area (Å²) in [5, 5.41) is 12.4. The molecule has 0 spiro atoms. The van der Waals surface area contributed by atoms with Crippen LogP contribution < -0.4 is 16.8 Å². The smallest absolute Gasteiger partial charge is 0.235 e. The van der Waals surface area contributed by atoms with Crippen LogP contribution in [0.4, 0.5) is 0 Å². The Hall–Kier alpha value is -0.690. The molecular weight excluding hydrogens is 198 g/mol. The Labute approximate surface area is 89.0 Å². The number of carbonyl (C=O) groups excluding carboxylic acids is 1. The van der Waals surface area contributed by atoms with Crippen LogP contribution in [0.3, 0.4) is 0 Å². The van der Waals surface area contributed by atoms with Crippen LogP contribution in [0.15, 0.2) is 0 Å². The van der Waals surface area contributed by atoms with Gasteiger partial charge in [-0.3, -0.25) is 4.79 Å². The molecular formula is C9H19N3O3. The summed E-state index contributed by atoms with van der Waals surface area (Å²) in [6, 6.07) is -0.712. The largest absolute Gasteiger partial charge is 0.394 e. The second kappa shape index (κ2) is 5.41. The fourth-order valence-corrected chi connectivity index (χ4v) is 1.58. The lowest BCUT2D eigenvalue weighted by molar-refractivity contribution is -0.119. The number of aliphatic hydroxyl groups is 1. The lowest BCUT2D eigenvalue weighted by atomic mass is 9.91. The summed E-state index contributed by atoms with van der Waals surface area (Å²) in [4.78, 5) is 10.7. The van der Waals surface area contributed by atoms with Crippen LogP contribution in [-0.2, 0) is 9.53 Å². The first-order valence-electron chi connectivity index (χ1n) is 5.08. The minimum absolute atomic E-state index is 0.0157. The summed E-state index contributed by atoms with van der Waals surface area (Å²) in [6.07, 6.45) is 1.43. The molecule has 1 atom stereocenters. The highest BCUT2D eigenvalue weighted by Gasteiger charge is 2.32. The Morgan fingerprint density at radius 3 is 2.60 bits per heavy atom. The van der Waals surface area contributed by atoms with Crippen molar-refractivity contribution in [1.82, 2.24) is 5.32 Å². The summed E-state index contributed by atoms with van der Waals surface area (Å²) in [6.45, 7) is 1.52. The van der Waals surface area contributed by atoms with E-state index < -0.39 is 11.9 Å². The standard InChI is InChI=1S/C9H19N3O3/c10-7(8(11)14)5-12-9(6-13)1-3-15-4-2-9/h7,12-13H,1-6,10H2,(H2,11,14). The van der Waals surface area contributed by atoms with Gasteiger partial charge in [0.25, 0.3) is 0 Å². The Bertz CT molecular complexity index is 217. The number of nitrogens with one attached hydrogen (secondary N) is 1.